The molecule has 1 fully saturated rings. The fourth-order valence-corrected chi connectivity index (χ4v) is 4.99. The Bertz CT molecular complexity index is 1290. The van der Waals surface area contributed by atoms with Crippen molar-refractivity contribution < 1.29 is 18.0 Å². The lowest BCUT2D eigenvalue weighted by Crippen LogP contribution is -2.41. The average molecular weight is 493 g/mol. The van der Waals surface area contributed by atoms with Crippen molar-refractivity contribution in [1.82, 2.24) is 20.5 Å². The molecule has 1 aliphatic heterocycles. The van der Waals surface area contributed by atoms with Gasteiger partial charge in [-0.3, -0.25) is 25.3 Å². The third-order valence-corrected chi connectivity index (χ3v) is 7.20. The molecule has 4 rings (SSSR count). The molecule has 1 saturated heterocycles. The van der Waals surface area contributed by atoms with Crippen molar-refractivity contribution >= 4 is 21.8 Å². The van der Waals surface area contributed by atoms with E-state index in [9.17, 15) is 18.0 Å². The number of carbonyl (C=O) groups excluding carboxylic acids is 2. The number of likely N-dealkylation sites (tertiary alicyclic amines) is 1. The Morgan fingerprint density at radius 1 is 0.743 bits per heavy atom. The van der Waals surface area contributed by atoms with E-state index in [2.05, 4.69) is 20.5 Å². The zero-order chi connectivity index (χ0) is 24.7. The highest BCUT2D eigenvalue weighted by Gasteiger charge is 2.17. The van der Waals surface area contributed by atoms with E-state index in [1.807, 2.05) is 48.5 Å². The van der Waals surface area contributed by atoms with Crippen molar-refractivity contribution in [1.29, 1.82) is 0 Å². The summed E-state index contributed by atoms with van der Waals surface area (Å²) in [6.07, 6.45) is 2.38. The second kappa shape index (κ2) is 11.3. The molecule has 8 nitrogen and oxygen atoms in total. The highest BCUT2D eigenvalue weighted by molar-refractivity contribution is 7.89. The molecule has 0 spiro atoms. The van der Waals surface area contributed by atoms with E-state index in [0.717, 1.165) is 30.8 Å². The van der Waals surface area contributed by atoms with Crippen LogP contribution in [0, 0.1) is 0 Å². The summed E-state index contributed by atoms with van der Waals surface area (Å²) in [6.45, 7) is 3.03. The molecule has 0 atom stereocenters. The van der Waals surface area contributed by atoms with Crippen LogP contribution in [0.25, 0.3) is 0 Å². The molecule has 3 aromatic rings. The van der Waals surface area contributed by atoms with E-state index < -0.39 is 21.8 Å². The zero-order valence-electron chi connectivity index (χ0n) is 19.2. The second-order valence-electron chi connectivity index (χ2n) is 8.43. The van der Waals surface area contributed by atoms with E-state index >= 15 is 0 Å². The van der Waals surface area contributed by atoms with Gasteiger partial charge < -0.3 is 0 Å². The van der Waals surface area contributed by atoms with Crippen LogP contribution in [0.4, 0.5) is 0 Å². The largest absolute Gasteiger partial charge is 0.299 e. The van der Waals surface area contributed by atoms with Gasteiger partial charge in [-0.15, -0.1) is 0 Å². The van der Waals surface area contributed by atoms with Gasteiger partial charge in [-0.2, -0.15) is 0 Å². The van der Waals surface area contributed by atoms with E-state index in [1.165, 1.54) is 37.1 Å². The molecule has 1 heterocycles. The van der Waals surface area contributed by atoms with Crippen molar-refractivity contribution in [2.75, 3.05) is 13.1 Å². The number of sulfonamides is 1. The Kier molecular flexibility index (Phi) is 7.91. The van der Waals surface area contributed by atoms with E-state index in [4.69, 9.17) is 0 Å². The Morgan fingerprint density at radius 3 is 2.03 bits per heavy atom. The van der Waals surface area contributed by atoms with Crippen molar-refractivity contribution in [3.05, 3.63) is 101 Å². The molecule has 35 heavy (non-hydrogen) atoms. The summed E-state index contributed by atoms with van der Waals surface area (Å²) in [6, 6.07) is 22.1. The van der Waals surface area contributed by atoms with Gasteiger partial charge in [0.25, 0.3) is 11.8 Å². The van der Waals surface area contributed by atoms with Gasteiger partial charge in [0.1, 0.15) is 0 Å². The number of hydrazine groups is 1. The summed E-state index contributed by atoms with van der Waals surface area (Å²) in [5.74, 6) is -1.07. The third kappa shape index (κ3) is 6.75. The maximum absolute atomic E-state index is 12.7. The number of rotatable bonds is 8. The standard InChI is InChI=1S/C26H28N4O4S/c31-25(22-11-6-10-21(16-22)19-30-14-4-5-15-30)28-29-26(32)23-12-7-13-24(17-23)35(33,34)27-18-20-8-2-1-3-9-20/h1-3,6-13,16-17,27H,4-5,14-15,18-19H2,(H,28,31)(H,29,32). The molecule has 9 heteroatoms. The highest BCUT2D eigenvalue weighted by Crippen LogP contribution is 2.15. The zero-order valence-corrected chi connectivity index (χ0v) is 20.1. The van der Waals surface area contributed by atoms with Crippen LogP contribution in [0.1, 0.15) is 44.7 Å². The highest BCUT2D eigenvalue weighted by atomic mass is 32.2. The minimum Gasteiger partial charge on any atom is -0.299 e. The smallest absolute Gasteiger partial charge is 0.269 e. The van der Waals surface area contributed by atoms with Crippen LogP contribution in [0.5, 0.6) is 0 Å². The molecule has 0 saturated carbocycles. The van der Waals surface area contributed by atoms with Crippen LogP contribution >= 0.6 is 0 Å². The minimum absolute atomic E-state index is 0.0398. The molecule has 2 amide bonds. The predicted molar refractivity (Wildman–Crippen MR) is 133 cm³/mol. The average Bonchev–Trinajstić information content (AvgIpc) is 3.40. The predicted octanol–water partition coefficient (Wildman–Crippen LogP) is 2.84. The number of benzene rings is 3. The van der Waals surface area contributed by atoms with Crippen molar-refractivity contribution in [2.45, 2.75) is 30.8 Å². The molecular weight excluding hydrogens is 464 g/mol. The van der Waals surface area contributed by atoms with Gasteiger partial charge in [-0.25, -0.2) is 13.1 Å². The fraction of sp³-hybridized carbons (Fsp3) is 0.231. The minimum atomic E-state index is -3.82. The van der Waals surface area contributed by atoms with E-state index in [-0.39, 0.29) is 17.0 Å². The SMILES string of the molecule is O=C(NNC(=O)c1cccc(S(=O)(=O)NCc2ccccc2)c1)c1cccc(CN2CCCC2)c1. The van der Waals surface area contributed by atoms with Crippen molar-refractivity contribution in [2.24, 2.45) is 0 Å². The first-order chi connectivity index (χ1) is 16.9. The molecular formula is C26H28N4O4S. The number of carbonyl (C=O) groups is 2. The molecule has 0 bridgehead atoms. The van der Waals surface area contributed by atoms with Crippen LogP contribution in [-0.4, -0.2) is 38.2 Å². The van der Waals surface area contributed by atoms with Gasteiger partial charge in [-0.05, 0) is 67.4 Å². The molecule has 0 unspecified atom stereocenters. The molecule has 1 aliphatic rings. The molecule has 182 valence electrons. The molecule has 0 radical (unpaired) electrons. The normalized spacial score (nSPS) is 13.9. The van der Waals surface area contributed by atoms with Gasteiger partial charge in [0.15, 0.2) is 0 Å². The van der Waals surface area contributed by atoms with Crippen LogP contribution in [0.2, 0.25) is 0 Å². The number of hydrogen-bond donors (Lipinski definition) is 3. The fourth-order valence-electron chi connectivity index (χ4n) is 3.93. The lowest BCUT2D eigenvalue weighted by molar-refractivity contribution is 0.0846. The Hall–Kier alpha value is -3.53. The van der Waals surface area contributed by atoms with Crippen LogP contribution < -0.4 is 15.6 Å². The second-order valence-corrected chi connectivity index (χ2v) is 10.2. The summed E-state index contributed by atoms with van der Waals surface area (Å²) in [4.78, 5) is 27.5. The monoisotopic (exact) mass is 492 g/mol. The lowest BCUT2D eigenvalue weighted by atomic mass is 10.1. The summed E-state index contributed by atoms with van der Waals surface area (Å²) < 4.78 is 27.9. The Balaban J connectivity index is 1.35. The maximum atomic E-state index is 12.7. The van der Waals surface area contributed by atoms with Gasteiger partial charge >= 0.3 is 0 Å². The summed E-state index contributed by atoms with van der Waals surface area (Å²) in [7, 11) is -3.82. The third-order valence-electron chi connectivity index (χ3n) is 5.80. The number of nitrogens with one attached hydrogen (secondary N) is 3. The molecule has 3 aromatic carbocycles. The van der Waals surface area contributed by atoms with E-state index in [0.29, 0.717) is 5.56 Å². The topological polar surface area (TPSA) is 108 Å². The van der Waals surface area contributed by atoms with Crippen molar-refractivity contribution in [3.63, 3.8) is 0 Å². The van der Waals surface area contributed by atoms with Crippen molar-refractivity contribution in [3.8, 4) is 0 Å². The van der Waals surface area contributed by atoms with Gasteiger partial charge in [-0.1, -0.05) is 48.5 Å². The van der Waals surface area contributed by atoms with Gasteiger partial charge in [0.05, 0.1) is 4.90 Å². The first-order valence-corrected chi connectivity index (χ1v) is 12.9. The molecule has 0 aromatic heterocycles. The van der Waals surface area contributed by atoms with Crippen LogP contribution in [0.15, 0.2) is 83.8 Å². The first kappa shape index (κ1) is 24.6. The molecule has 0 aliphatic carbocycles. The number of hydrogen-bond acceptors (Lipinski definition) is 5. The van der Waals surface area contributed by atoms with Gasteiger partial charge in [0, 0.05) is 24.2 Å². The number of nitrogens with zero attached hydrogens (tertiary/aromatic N) is 1. The quantitative estimate of drug-likeness (QED) is 0.419. The summed E-state index contributed by atoms with van der Waals surface area (Å²) in [5.41, 5.74) is 7.16. The van der Waals surface area contributed by atoms with Crippen LogP contribution in [0.3, 0.4) is 0 Å². The lowest BCUT2D eigenvalue weighted by Gasteiger charge is -2.15. The number of amides is 2. The summed E-state index contributed by atoms with van der Waals surface area (Å²) in [5, 5.41) is 0. The van der Waals surface area contributed by atoms with Gasteiger partial charge in [0.2, 0.25) is 10.0 Å². The Labute approximate surface area is 205 Å². The van der Waals surface area contributed by atoms with Crippen LogP contribution in [-0.2, 0) is 23.1 Å². The van der Waals surface area contributed by atoms with E-state index in [1.54, 1.807) is 6.07 Å². The molecule has 3 N–H and O–H groups in total. The maximum Gasteiger partial charge on any atom is 0.269 e. The first-order valence-electron chi connectivity index (χ1n) is 11.5. The Morgan fingerprint density at radius 2 is 1.34 bits per heavy atom. The summed E-state index contributed by atoms with van der Waals surface area (Å²) >= 11 is 0.